The summed E-state index contributed by atoms with van der Waals surface area (Å²) in [6.07, 6.45) is -0.940. The number of nitrogens with one attached hydrogen (secondary N) is 2. The lowest BCUT2D eigenvalue weighted by atomic mass is 10.1. The summed E-state index contributed by atoms with van der Waals surface area (Å²) in [6, 6.07) is 20.5. The molecule has 0 aliphatic rings. The van der Waals surface area contributed by atoms with Gasteiger partial charge in [0.2, 0.25) is 0 Å². The number of fused-ring (bicyclic) bond motifs is 1. The average Bonchev–Trinajstić information content (AvgIpc) is 3.21. The molecule has 3 aromatic carbocycles. The number of hydrogen-bond acceptors (Lipinski definition) is 4. The second-order valence-corrected chi connectivity index (χ2v) is 7.47. The molecule has 0 saturated heterocycles. The maximum atomic E-state index is 12.6. The second-order valence-electron chi connectivity index (χ2n) is 7.47. The maximum Gasteiger partial charge on any atom is 0.338 e. The molecule has 1 aromatic heterocycles. The van der Waals surface area contributed by atoms with E-state index < -0.39 is 12.1 Å². The number of nitrogens with zero attached hydrogens (tertiary/aromatic N) is 1. The maximum absolute atomic E-state index is 12.6. The molecule has 0 radical (unpaired) electrons. The van der Waals surface area contributed by atoms with Gasteiger partial charge in [0.25, 0.3) is 5.91 Å². The molecule has 4 aromatic rings. The molecule has 6 heteroatoms. The highest BCUT2D eigenvalue weighted by Crippen LogP contribution is 2.22. The van der Waals surface area contributed by atoms with Crippen molar-refractivity contribution < 1.29 is 14.3 Å². The molecule has 0 bridgehead atoms. The minimum Gasteiger partial charge on any atom is -0.449 e. The van der Waals surface area contributed by atoms with Crippen molar-refractivity contribution in [2.24, 2.45) is 0 Å². The van der Waals surface area contributed by atoms with Crippen LogP contribution in [0.25, 0.3) is 22.4 Å². The summed E-state index contributed by atoms with van der Waals surface area (Å²) in [5.41, 5.74) is 5.54. The van der Waals surface area contributed by atoms with E-state index in [-0.39, 0.29) is 5.91 Å². The number of H-pyrrole nitrogens is 1. The molecular weight excluding hydrogens is 390 g/mol. The normalized spacial score (nSPS) is 11.8. The van der Waals surface area contributed by atoms with Crippen LogP contribution in [0, 0.1) is 13.8 Å². The Morgan fingerprint density at radius 1 is 1.00 bits per heavy atom. The molecule has 2 N–H and O–H groups in total. The Kier molecular flexibility index (Phi) is 5.54. The van der Waals surface area contributed by atoms with Gasteiger partial charge in [0.05, 0.1) is 16.6 Å². The van der Waals surface area contributed by atoms with Crippen molar-refractivity contribution in [1.29, 1.82) is 0 Å². The third-order valence-electron chi connectivity index (χ3n) is 5.28. The summed E-state index contributed by atoms with van der Waals surface area (Å²) in [7, 11) is 0. The first-order valence-electron chi connectivity index (χ1n) is 10.1. The first-order valence-corrected chi connectivity index (χ1v) is 10.1. The molecule has 156 valence electrons. The van der Waals surface area contributed by atoms with Crippen LogP contribution in [0.15, 0.2) is 66.7 Å². The number of ether oxygens (including phenoxy) is 1. The van der Waals surface area contributed by atoms with Gasteiger partial charge in [0.1, 0.15) is 5.82 Å². The van der Waals surface area contributed by atoms with Crippen molar-refractivity contribution in [2.45, 2.75) is 26.9 Å². The van der Waals surface area contributed by atoms with Crippen LogP contribution in [0.5, 0.6) is 0 Å². The summed E-state index contributed by atoms with van der Waals surface area (Å²) >= 11 is 0. The zero-order chi connectivity index (χ0) is 22.0. The van der Waals surface area contributed by atoms with Crippen molar-refractivity contribution in [1.82, 2.24) is 9.97 Å². The highest BCUT2D eigenvalue weighted by atomic mass is 16.5. The molecule has 0 fully saturated rings. The molecule has 1 heterocycles. The first-order chi connectivity index (χ1) is 14.9. The lowest BCUT2D eigenvalue weighted by Gasteiger charge is -2.15. The Hall–Kier alpha value is -3.93. The van der Waals surface area contributed by atoms with E-state index in [1.807, 2.05) is 62.4 Å². The van der Waals surface area contributed by atoms with Gasteiger partial charge in [-0.1, -0.05) is 42.5 Å². The predicted molar refractivity (Wildman–Crippen MR) is 121 cm³/mol. The number of aromatic amines is 1. The fraction of sp³-hybridized carbons (Fsp3) is 0.160. The minimum atomic E-state index is -0.940. The van der Waals surface area contributed by atoms with E-state index in [9.17, 15) is 9.59 Å². The van der Waals surface area contributed by atoms with E-state index in [4.69, 9.17) is 4.74 Å². The number of imidazole rings is 1. The number of carbonyl (C=O) groups is 2. The van der Waals surface area contributed by atoms with Gasteiger partial charge in [-0.3, -0.25) is 4.79 Å². The van der Waals surface area contributed by atoms with E-state index in [2.05, 4.69) is 15.3 Å². The Morgan fingerprint density at radius 2 is 1.77 bits per heavy atom. The van der Waals surface area contributed by atoms with Gasteiger partial charge in [-0.25, -0.2) is 9.78 Å². The van der Waals surface area contributed by atoms with Crippen LogP contribution >= 0.6 is 0 Å². The van der Waals surface area contributed by atoms with Crippen LogP contribution in [0.1, 0.15) is 28.4 Å². The summed E-state index contributed by atoms with van der Waals surface area (Å²) in [4.78, 5) is 32.9. The molecular formula is C25H23N3O3. The van der Waals surface area contributed by atoms with Gasteiger partial charge >= 0.3 is 5.97 Å². The number of rotatable bonds is 5. The van der Waals surface area contributed by atoms with E-state index in [1.165, 1.54) is 0 Å². The van der Waals surface area contributed by atoms with Crippen LogP contribution in [-0.2, 0) is 9.53 Å². The van der Waals surface area contributed by atoms with Crippen LogP contribution in [-0.4, -0.2) is 27.9 Å². The molecule has 6 nitrogen and oxygen atoms in total. The lowest BCUT2D eigenvalue weighted by molar-refractivity contribution is -0.123. The zero-order valence-electron chi connectivity index (χ0n) is 17.6. The van der Waals surface area contributed by atoms with Crippen LogP contribution in [0.3, 0.4) is 0 Å². The highest BCUT2D eigenvalue weighted by molar-refractivity contribution is 5.99. The number of benzene rings is 3. The third kappa shape index (κ3) is 4.33. The van der Waals surface area contributed by atoms with Crippen molar-refractivity contribution in [2.75, 3.05) is 5.32 Å². The number of esters is 1. The first kappa shape index (κ1) is 20.3. The molecule has 1 unspecified atom stereocenters. The Morgan fingerprint density at radius 3 is 2.55 bits per heavy atom. The zero-order valence-corrected chi connectivity index (χ0v) is 17.6. The average molecular weight is 413 g/mol. The topological polar surface area (TPSA) is 84.1 Å². The molecule has 31 heavy (non-hydrogen) atoms. The van der Waals surface area contributed by atoms with E-state index in [0.29, 0.717) is 11.3 Å². The van der Waals surface area contributed by atoms with Crippen molar-refractivity contribution in [3.05, 3.63) is 83.4 Å². The smallest absolute Gasteiger partial charge is 0.338 e. The molecule has 4 rings (SSSR count). The summed E-state index contributed by atoms with van der Waals surface area (Å²) < 4.78 is 5.40. The van der Waals surface area contributed by atoms with Gasteiger partial charge in [0.15, 0.2) is 6.10 Å². The van der Waals surface area contributed by atoms with Crippen molar-refractivity contribution >= 4 is 28.6 Å². The van der Waals surface area contributed by atoms with Crippen LogP contribution in [0.4, 0.5) is 5.69 Å². The third-order valence-corrected chi connectivity index (χ3v) is 5.28. The monoisotopic (exact) mass is 413 g/mol. The number of carbonyl (C=O) groups excluding carboxylic acids is 2. The summed E-state index contributed by atoms with van der Waals surface area (Å²) in [5, 5.41) is 2.83. The van der Waals surface area contributed by atoms with Crippen molar-refractivity contribution in [3.63, 3.8) is 0 Å². The number of aromatic nitrogens is 2. The SMILES string of the molecule is Cc1cccc(NC(=O)C(C)OC(=O)c2ccc3nc(-c4ccccc4)[nH]c3c2)c1C. The Bertz CT molecular complexity index is 1260. The van der Waals surface area contributed by atoms with Gasteiger partial charge in [-0.05, 0) is 56.2 Å². The van der Waals surface area contributed by atoms with Gasteiger partial charge in [0, 0.05) is 11.3 Å². The van der Waals surface area contributed by atoms with E-state index >= 15 is 0 Å². The molecule has 0 aliphatic heterocycles. The fourth-order valence-corrected chi connectivity index (χ4v) is 3.27. The van der Waals surface area contributed by atoms with E-state index in [1.54, 1.807) is 25.1 Å². The van der Waals surface area contributed by atoms with Crippen molar-refractivity contribution in [3.8, 4) is 11.4 Å². The standard InChI is InChI=1S/C25H23N3O3/c1-15-8-7-11-20(16(15)2)28-24(29)17(3)31-25(30)19-12-13-21-22(14-19)27-23(26-21)18-9-5-4-6-10-18/h4-14,17H,1-3H3,(H,26,27)(H,28,29). The fourth-order valence-electron chi connectivity index (χ4n) is 3.27. The summed E-state index contributed by atoms with van der Waals surface area (Å²) in [6.45, 7) is 5.47. The predicted octanol–water partition coefficient (Wildman–Crippen LogP) is 5.03. The Balaban J connectivity index is 1.47. The van der Waals surface area contributed by atoms with Gasteiger partial charge < -0.3 is 15.0 Å². The molecule has 0 aliphatic carbocycles. The second kappa shape index (κ2) is 8.44. The van der Waals surface area contributed by atoms with Gasteiger partial charge in [-0.15, -0.1) is 0 Å². The highest BCUT2D eigenvalue weighted by Gasteiger charge is 2.20. The Labute approximate surface area is 180 Å². The number of anilines is 1. The number of amides is 1. The molecule has 1 atom stereocenters. The number of hydrogen-bond donors (Lipinski definition) is 2. The molecule has 1 amide bonds. The van der Waals surface area contributed by atoms with Gasteiger partial charge in [-0.2, -0.15) is 0 Å². The molecule has 0 saturated carbocycles. The lowest BCUT2D eigenvalue weighted by Crippen LogP contribution is -2.30. The number of aryl methyl sites for hydroxylation is 1. The molecule has 0 spiro atoms. The minimum absolute atomic E-state index is 0.349. The largest absolute Gasteiger partial charge is 0.449 e. The van der Waals surface area contributed by atoms with Crippen LogP contribution < -0.4 is 5.32 Å². The van der Waals surface area contributed by atoms with E-state index in [0.717, 1.165) is 33.5 Å². The summed E-state index contributed by atoms with van der Waals surface area (Å²) in [5.74, 6) is -0.222. The van der Waals surface area contributed by atoms with Crippen LogP contribution in [0.2, 0.25) is 0 Å². The quantitative estimate of drug-likeness (QED) is 0.450.